The number of carbonyl (C=O) groups excluding carboxylic acids is 1. The molecular weight excluding hydrogens is 320 g/mol. The van der Waals surface area contributed by atoms with Crippen LogP contribution in [0, 0.1) is 0 Å². The third kappa shape index (κ3) is 3.20. The van der Waals surface area contributed by atoms with Gasteiger partial charge in [-0.1, -0.05) is 19.0 Å². The second kappa shape index (κ2) is 5.99. The fraction of sp³-hybridized carbons (Fsp3) is 0.733. The molecule has 0 aromatic carbocycles. The minimum atomic E-state index is -3.67. The van der Waals surface area contributed by atoms with Crippen molar-refractivity contribution in [3.05, 3.63) is 17.5 Å². The van der Waals surface area contributed by atoms with Gasteiger partial charge in [0.05, 0.1) is 18.7 Å². The Hall–Kier alpha value is -1.25. The highest BCUT2D eigenvalue weighted by Crippen LogP contribution is 2.28. The Bertz CT molecular complexity index is 686. The number of aliphatic hydroxyl groups excluding tert-OH is 1. The van der Waals surface area contributed by atoms with Gasteiger partial charge in [0.2, 0.25) is 10.0 Å². The summed E-state index contributed by atoms with van der Waals surface area (Å²) in [4.78, 5) is 12.5. The maximum atomic E-state index is 12.5. The van der Waals surface area contributed by atoms with Gasteiger partial charge in [0, 0.05) is 24.6 Å². The van der Waals surface area contributed by atoms with E-state index in [0.717, 1.165) is 6.42 Å². The number of hydrogen-bond acceptors (Lipinski definition) is 6. The van der Waals surface area contributed by atoms with Crippen LogP contribution in [0.4, 0.5) is 0 Å². The summed E-state index contributed by atoms with van der Waals surface area (Å²) in [5, 5.41) is 13.2. The number of aliphatic hydroxyl groups is 1. The maximum absolute atomic E-state index is 12.5. The monoisotopic (exact) mass is 344 g/mol. The van der Waals surface area contributed by atoms with E-state index in [2.05, 4.69) is 5.16 Å². The summed E-state index contributed by atoms with van der Waals surface area (Å²) in [5.41, 5.74) is -0.0458. The van der Waals surface area contributed by atoms with Crippen LogP contribution in [0.3, 0.4) is 0 Å². The van der Waals surface area contributed by atoms with Gasteiger partial charge in [-0.05, 0) is 20.3 Å². The Morgan fingerprint density at radius 1 is 1.35 bits per heavy atom. The summed E-state index contributed by atoms with van der Waals surface area (Å²) in [6.45, 7) is 7.29. The molecule has 0 bridgehead atoms. The first kappa shape index (κ1) is 18.1. The van der Waals surface area contributed by atoms with Gasteiger partial charge in [0.15, 0.2) is 5.78 Å². The minimum Gasteiger partial charge on any atom is -0.395 e. The average molecular weight is 344 g/mol. The molecule has 0 spiro atoms. The van der Waals surface area contributed by atoms with Crippen LogP contribution in [0.25, 0.3) is 0 Å². The molecule has 1 aliphatic rings. The molecule has 8 heteroatoms. The quantitative estimate of drug-likeness (QED) is 0.788. The molecule has 130 valence electrons. The normalized spacial score (nSPS) is 17.1. The van der Waals surface area contributed by atoms with Crippen LogP contribution in [-0.2, 0) is 26.7 Å². The molecule has 1 aromatic rings. The van der Waals surface area contributed by atoms with E-state index in [-0.39, 0.29) is 13.0 Å². The highest BCUT2D eigenvalue weighted by Gasteiger charge is 2.46. The highest BCUT2D eigenvalue weighted by atomic mass is 32.2. The van der Waals surface area contributed by atoms with Gasteiger partial charge in [0.25, 0.3) is 0 Å². The lowest BCUT2D eigenvalue weighted by molar-refractivity contribution is -0.120. The molecule has 1 N–H and O–H groups in total. The number of rotatable bonds is 7. The number of ketones is 1. The standard InChI is InChI=1S/C15H24N2O5S/c1-14(2,10-18)12-8-11(22-16-12)9-13(19)15(3,4)23(20,21)17-6-5-7-17/h8,18H,5-7,9-10H2,1-4H3. The molecule has 0 radical (unpaired) electrons. The van der Waals surface area contributed by atoms with Crippen LogP contribution in [0.5, 0.6) is 0 Å². The van der Waals surface area contributed by atoms with Crippen molar-refractivity contribution in [3.8, 4) is 0 Å². The van der Waals surface area contributed by atoms with E-state index in [1.807, 2.05) is 0 Å². The molecule has 1 saturated heterocycles. The minimum absolute atomic E-state index is 0.109. The highest BCUT2D eigenvalue weighted by molar-refractivity contribution is 7.91. The molecule has 0 saturated carbocycles. The van der Waals surface area contributed by atoms with Crippen molar-refractivity contribution in [3.63, 3.8) is 0 Å². The van der Waals surface area contributed by atoms with Crippen molar-refractivity contribution in [1.29, 1.82) is 0 Å². The molecule has 1 aliphatic heterocycles. The molecule has 0 unspecified atom stereocenters. The summed E-state index contributed by atoms with van der Waals surface area (Å²) in [5.74, 6) is -0.132. The maximum Gasteiger partial charge on any atom is 0.226 e. The number of nitrogens with zero attached hydrogens (tertiary/aromatic N) is 2. The Morgan fingerprint density at radius 3 is 2.43 bits per heavy atom. The third-order valence-electron chi connectivity index (χ3n) is 4.45. The fourth-order valence-electron chi connectivity index (χ4n) is 2.16. The predicted octanol–water partition coefficient (Wildman–Crippen LogP) is 0.870. The van der Waals surface area contributed by atoms with Crippen molar-refractivity contribution < 1.29 is 22.8 Å². The van der Waals surface area contributed by atoms with Crippen LogP contribution < -0.4 is 0 Å². The van der Waals surface area contributed by atoms with E-state index in [4.69, 9.17) is 4.52 Å². The smallest absolute Gasteiger partial charge is 0.226 e. The molecule has 0 aliphatic carbocycles. The summed E-state index contributed by atoms with van der Waals surface area (Å²) in [6.07, 6.45) is 0.680. The van der Waals surface area contributed by atoms with Gasteiger partial charge < -0.3 is 9.63 Å². The third-order valence-corrected chi connectivity index (χ3v) is 7.02. The number of hydrogen-bond donors (Lipinski definition) is 1. The van der Waals surface area contributed by atoms with Gasteiger partial charge in [0.1, 0.15) is 10.5 Å². The molecule has 23 heavy (non-hydrogen) atoms. The van der Waals surface area contributed by atoms with Crippen LogP contribution in [0.2, 0.25) is 0 Å². The van der Waals surface area contributed by atoms with Crippen LogP contribution >= 0.6 is 0 Å². The average Bonchev–Trinajstić information content (AvgIpc) is 2.85. The Morgan fingerprint density at radius 2 is 1.96 bits per heavy atom. The van der Waals surface area contributed by atoms with E-state index >= 15 is 0 Å². The van der Waals surface area contributed by atoms with E-state index < -0.39 is 26.0 Å². The lowest BCUT2D eigenvalue weighted by Crippen LogP contribution is -2.54. The summed E-state index contributed by atoms with van der Waals surface area (Å²) < 4.78 is 30.0. The van der Waals surface area contributed by atoms with E-state index in [1.165, 1.54) is 18.2 Å². The van der Waals surface area contributed by atoms with Crippen molar-refractivity contribution in [2.75, 3.05) is 19.7 Å². The van der Waals surface area contributed by atoms with E-state index in [0.29, 0.717) is 24.5 Å². The van der Waals surface area contributed by atoms with Crippen LogP contribution in [0.1, 0.15) is 45.6 Å². The van der Waals surface area contributed by atoms with Crippen molar-refractivity contribution in [2.24, 2.45) is 0 Å². The molecule has 2 rings (SSSR count). The van der Waals surface area contributed by atoms with Crippen LogP contribution in [-0.4, -0.2) is 53.2 Å². The predicted molar refractivity (Wildman–Crippen MR) is 84.5 cm³/mol. The molecular formula is C15H24N2O5S. The molecule has 2 heterocycles. The first-order chi connectivity index (χ1) is 10.5. The van der Waals surface area contributed by atoms with Gasteiger partial charge in [-0.2, -0.15) is 0 Å². The topological polar surface area (TPSA) is 101 Å². The van der Waals surface area contributed by atoms with E-state index in [1.54, 1.807) is 19.9 Å². The number of carbonyl (C=O) groups is 1. The number of Topliss-reactive ketones (excluding diaryl/α,β-unsaturated/α-hetero) is 1. The summed E-state index contributed by atoms with van der Waals surface area (Å²) in [7, 11) is -3.67. The Balaban J connectivity index is 2.15. The zero-order chi connectivity index (χ0) is 17.5. The lowest BCUT2D eigenvalue weighted by Gasteiger charge is -2.36. The molecule has 1 aromatic heterocycles. The molecule has 7 nitrogen and oxygen atoms in total. The Labute approximate surface area is 136 Å². The summed E-state index contributed by atoms with van der Waals surface area (Å²) in [6, 6.07) is 1.60. The zero-order valence-corrected chi connectivity index (χ0v) is 14.8. The largest absolute Gasteiger partial charge is 0.395 e. The van der Waals surface area contributed by atoms with Crippen LogP contribution in [0.15, 0.2) is 10.6 Å². The zero-order valence-electron chi connectivity index (χ0n) is 14.0. The number of aromatic nitrogens is 1. The number of sulfonamides is 1. The van der Waals surface area contributed by atoms with Crippen molar-refractivity contribution in [1.82, 2.24) is 9.46 Å². The van der Waals surface area contributed by atoms with Gasteiger partial charge in [-0.25, -0.2) is 12.7 Å². The van der Waals surface area contributed by atoms with Crippen molar-refractivity contribution >= 4 is 15.8 Å². The SMILES string of the molecule is CC(C)(CO)c1cc(CC(=O)C(C)(C)S(=O)(=O)N2CCC2)on1. The van der Waals surface area contributed by atoms with E-state index in [9.17, 15) is 18.3 Å². The van der Waals surface area contributed by atoms with Gasteiger partial charge >= 0.3 is 0 Å². The molecule has 1 fully saturated rings. The Kier molecular flexibility index (Phi) is 4.71. The molecule has 0 atom stereocenters. The van der Waals surface area contributed by atoms with Gasteiger partial charge in [-0.3, -0.25) is 4.79 Å². The second-order valence-electron chi connectivity index (χ2n) is 7.09. The fourth-order valence-corrected chi connectivity index (χ4v) is 3.91. The first-order valence-electron chi connectivity index (χ1n) is 7.62. The lowest BCUT2D eigenvalue weighted by atomic mass is 9.90. The molecule has 0 amide bonds. The second-order valence-corrected chi connectivity index (χ2v) is 9.58. The first-order valence-corrected chi connectivity index (χ1v) is 9.06. The summed E-state index contributed by atoms with van der Waals surface area (Å²) >= 11 is 0. The van der Waals surface area contributed by atoms with Crippen molar-refractivity contribution in [2.45, 2.75) is 50.7 Å². The van der Waals surface area contributed by atoms with Gasteiger partial charge in [-0.15, -0.1) is 0 Å².